The summed E-state index contributed by atoms with van der Waals surface area (Å²) in [4.78, 5) is 13.2. The highest BCUT2D eigenvalue weighted by molar-refractivity contribution is 5.75. The van der Waals surface area contributed by atoms with Crippen LogP contribution in [0, 0.1) is 0 Å². The normalized spacial score (nSPS) is 10.5. The number of ether oxygens (including phenoxy) is 1. The topological polar surface area (TPSA) is 29.5 Å². The Morgan fingerprint density at radius 2 is 1.94 bits per heavy atom. The largest absolute Gasteiger partial charge is 0.435 e. The van der Waals surface area contributed by atoms with Crippen molar-refractivity contribution in [1.29, 1.82) is 0 Å². The van der Waals surface area contributed by atoms with Gasteiger partial charge in [-0.15, -0.1) is 0 Å². The van der Waals surface area contributed by atoms with E-state index in [1.165, 1.54) is 12.1 Å². The number of nitrogens with zero attached hydrogens (tertiary/aromatic N) is 1. The molecule has 0 saturated carbocycles. The van der Waals surface area contributed by atoms with Crippen molar-refractivity contribution in [2.45, 2.75) is 32.9 Å². The molecule has 0 aliphatic carbocycles. The quantitative estimate of drug-likeness (QED) is 0.784. The summed E-state index contributed by atoms with van der Waals surface area (Å²) in [5.74, 6) is 0.196. The molecule has 0 heterocycles. The second-order valence-electron chi connectivity index (χ2n) is 4.02. The van der Waals surface area contributed by atoms with Crippen molar-refractivity contribution in [3.05, 3.63) is 29.8 Å². The Bertz CT molecular complexity index is 379. The SMILES string of the molecule is CCCC(=O)N(C)Cc1ccc(OC(F)F)cc1. The van der Waals surface area contributed by atoms with Crippen LogP contribution in [-0.4, -0.2) is 24.5 Å². The molecule has 1 rings (SSSR count). The summed E-state index contributed by atoms with van der Waals surface area (Å²) in [6.45, 7) is -0.402. The molecule has 0 bridgehead atoms. The molecule has 100 valence electrons. The van der Waals surface area contributed by atoms with Crippen LogP contribution in [0.3, 0.4) is 0 Å². The van der Waals surface area contributed by atoms with Crippen LogP contribution in [-0.2, 0) is 11.3 Å². The van der Waals surface area contributed by atoms with E-state index in [4.69, 9.17) is 0 Å². The summed E-state index contributed by atoms with van der Waals surface area (Å²) in [5.41, 5.74) is 0.878. The highest BCUT2D eigenvalue weighted by Gasteiger charge is 2.08. The smallest absolute Gasteiger partial charge is 0.387 e. The van der Waals surface area contributed by atoms with E-state index in [9.17, 15) is 13.6 Å². The first-order chi connectivity index (χ1) is 8.52. The van der Waals surface area contributed by atoms with Gasteiger partial charge in [-0.2, -0.15) is 8.78 Å². The van der Waals surface area contributed by atoms with Gasteiger partial charge in [-0.05, 0) is 24.1 Å². The average molecular weight is 257 g/mol. The predicted octanol–water partition coefficient (Wildman–Crippen LogP) is 3.05. The monoisotopic (exact) mass is 257 g/mol. The molecule has 0 fully saturated rings. The van der Waals surface area contributed by atoms with Gasteiger partial charge in [0.25, 0.3) is 0 Å². The molecule has 0 unspecified atom stereocenters. The molecule has 0 spiro atoms. The molecular weight excluding hydrogens is 240 g/mol. The summed E-state index contributed by atoms with van der Waals surface area (Å²) in [6, 6.07) is 6.29. The molecule has 0 atom stereocenters. The Balaban J connectivity index is 2.55. The molecule has 0 radical (unpaired) electrons. The zero-order valence-electron chi connectivity index (χ0n) is 10.5. The third-order valence-corrected chi connectivity index (χ3v) is 2.46. The molecule has 0 aromatic heterocycles. The lowest BCUT2D eigenvalue weighted by atomic mass is 10.2. The van der Waals surface area contributed by atoms with Crippen LogP contribution >= 0.6 is 0 Å². The standard InChI is InChI=1S/C13H17F2NO2/c1-3-4-12(17)16(2)9-10-5-7-11(8-6-10)18-13(14)15/h5-8,13H,3-4,9H2,1-2H3. The second kappa shape index (κ2) is 6.93. The number of rotatable bonds is 6. The van der Waals surface area contributed by atoms with Crippen LogP contribution in [0.4, 0.5) is 8.78 Å². The molecule has 18 heavy (non-hydrogen) atoms. The van der Waals surface area contributed by atoms with Crippen molar-refractivity contribution in [2.75, 3.05) is 7.05 Å². The molecule has 1 aromatic rings. The number of hydrogen-bond acceptors (Lipinski definition) is 2. The van der Waals surface area contributed by atoms with Crippen LogP contribution in [0.5, 0.6) is 5.75 Å². The van der Waals surface area contributed by atoms with Gasteiger partial charge in [0.1, 0.15) is 5.75 Å². The molecule has 1 amide bonds. The summed E-state index contributed by atoms with van der Waals surface area (Å²) >= 11 is 0. The van der Waals surface area contributed by atoms with Gasteiger partial charge in [0, 0.05) is 20.0 Å². The van der Waals surface area contributed by atoms with E-state index in [0.29, 0.717) is 13.0 Å². The fraction of sp³-hybridized carbons (Fsp3) is 0.462. The van der Waals surface area contributed by atoms with Crippen LogP contribution in [0.1, 0.15) is 25.3 Å². The van der Waals surface area contributed by atoms with Gasteiger partial charge >= 0.3 is 6.61 Å². The maximum absolute atomic E-state index is 11.9. The van der Waals surface area contributed by atoms with E-state index in [1.54, 1.807) is 24.1 Å². The van der Waals surface area contributed by atoms with Crippen molar-refractivity contribution in [1.82, 2.24) is 4.90 Å². The van der Waals surface area contributed by atoms with Crippen molar-refractivity contribution in [3.63, 3.8) is 0 Å². The molecule has 0 aliphatic heterocycles. The molecular formula is C13H17F2NO2. The van der Waals surface area contributed by atoms with Gasteiger partial charge in [-0.1, -0.05) is 19.1 Å². The zero-order valence-corrected chi connectivity index (χ0v) is 10.5. The Labute approximate surface area is 105 Å². The van der Waals surface area contributed by atoms with Crippen molar-refractivity contribution in [3.8, 4) is 5.75 Å². The van der Waals surface area contributed by atoms with Crippen molar-refractivity contribution < 1.29 is 18.3 Å². The lowest BCUT2D eigenvalue weighted by Crippen LogP contribution is -2.25. The summed E-state index contributed by atoms with van der Waals surface area (Å²) in [5, 5.41) is 0. The predicted molar refractivity (Wildman–Crippen MR) is 64.5 cm³/mol. The lowest BCUT2D eigenvalue weighted by molar-refractivity contribution is -0.130. The number of carbonyl (C=O) groups is 1. The average Bonchev–Trinajstić information content (AvgIpc) is 2.31. The molecule has 0 N–H and O–H groups in total. The minimum Gasteiger partial charge on any atom is -0.435 e. The van der Waals surface area contributed by atoms with Gasteiger partial charge in [0.15, 0.2) is 0 Å². The molecule has 1 aromatic carbocycles. The van der Waals surface area contributed by atoms with Gasteiger partial charge in [0.05, 0.1) is 0 Å². The minimum atomic E-state index is -2.82. The first kappa shape index (κ1) is 14.4. The molecule has 0 aliphatic rings. The van der Waals surface area contributed by atoms with Crippen LogP contribution in [0.25, 0.3) is 0 Å². The van der Waals surface area contributed by atoms with Crippen LogP contribution < -0.4 is 4.74 Å². The first-order valence-electron chi connectivity index (χ1n) is 5.80. The summed E-state index contributed by atoms with van der Waals surface area (Å²) in [6.07, 6.45) is 1.33. The summed E-state index contributed by atoms with van der Waals surface area (Å²) < 4.78 is 28.1. The van der Waals surface area contributed by atoms with Crippen molar-refractivity contribution in [2.24, 2.45) is 0 Å². The third-order valence-electron chi connectivity index (χ3n) is 2.46. The van der Waals surface area contributed by atoms with E-state index in [2.05, 4.69) is 4.74 Å². The van der Waals surface area contributed by atoms with E-state index in [1.807, 2.05) is 6.92 Å². The maximum atomic E-state index is 11.9. The highest BCUT2D eigenvalue weighted by atomic mass is 19.3. The number of hydrogen-bond donors (Lipinski definition) is 0. The zero-order chi connectivity index (χ0) is 13.5. The van der Waals surface area contributed by atoms with E-state index in [0.717, 1.165) is 12.0 Å². The number of halogens is 2. The number of alkyl halides is 2. The van der Waals surface area contributed by atoms with Gasteiger partial charge in [-0.25, -0.2) is 0 Å². The van der Waals surface area contributed by atoms with E-state index in [-0.39, 0.29) is 11.7 Å². The minimum absolute atomic E-state index is 0.0745. The van der Waals surface area contributed by atoms with Gasteiger partial charge < -0.3 is 9.64 Å². The first-order valence-corrected chi connectivity index (χ1v) is 5.80. The number of benzene rings is 1. The second-order valence-corrected chi connectivity index (χ2v) is 4.02. The lowest BCUT2D eigenvalue weighted by Gasteiger charge is -2.17. The molecule has 0 saturated heterocycles. The van der Waals surface area contributed by atoms with E-state index < -0.39 is 6.61 Å². The van der Waals surface area contributed by atoms with Crippen molar-refractivity contribution >= 4 is 5.91 Å². The molecule has 5 heteroatoms. The van der Waals surface area contributed by atoms with Crippen LogP contribution in [0.2, 0.25) is 0 Å². The third kappa shape index (κ3) is 4.69. The fourth-order valence-electron chi connectivity index (χ4n) is 1.54. The van der Waals surface area contributed by atoms with Crippen LogP contribution in [0.15, 0.2) is 24.3 Å². The fourth-order valence-corrected chi connectivity index (χ4v) is 1.54. The Morgan fingerprint density at radius 3 is 2.44 bits per heavy atom. The summed E-state index contributed by atoms with van der Waals surface area (Å²) in [7, 11) is 1.72. The number of carbonyl (C=O) groups excluding carboxylic acids is 1. The Hall–Kier alpha value is -1.65. The maximum Gasteiger partial charge on any atom is 0.387 e. The van der Waals surface area contributed by atoms with Gasteiger partial charge in [-0.3, -0.25) is 4.79 Å². The number of amides is 1. The Morgan fingerprint density at radius 1 is 1.33 bits per heavy atom. The molecule has 3 nitrogen and oxygen atoms in total. The van der Waals surface area contributed by atoms with E-state index >= 15 is 0 Å². The Kier molecular flexibility index (Phi) is 5.55. The highest BCUT2D eigenvalue weighted by Crippen LogP contribution is 2.15. The van der Waals surface area contributed by atoms with Gasteiger partial charge in [0.2, 0.25) is 5.91 Å².